The zero-order valence-electron chi connectivity index (χ0n) is 19.2. The lowest BCUT2D eigenvalue weighted by Gasteiger charge is -2.50. The first-order valence-electron chi connectivity index (χ1n) is 11.0. The van der Waals surface area contributed by atoms with E-state index in [0.29, 0.717) is 22.4 Å². The molecule has 32 heavy (non-hydrogen) atoms. The van der Waals surface area contributed by atoms with Crippen molar-refractivity contribution >= 4 is 34.7 Å². The van der Waals surface area contributed by atoms with Crippen LogP contribution in [0.4, 0.5) is 14.9 Å². The normalized spacial score (nSPS) is 21.6. The summed E-state index contributed by atoms with van der Waals surface area (Å²) in [6.45, 7) is 11.4. The molecule has 1 atom stereocenters. The molecule has 2 amide bonds. The second-order valence-corrected chi connectivity index (χ2v) is 10.6. The van der Waals surface area contributed by atoms with Gasteiger partial charge in [0.25, 0.3) is 11.1 Å². The lowest BCUT2D eigenvalue weighted by atomic mass is 9.79. The van der Waals surface area contributed by atoms with Gasteiger partial charge in [0.15, 0.2) is 0 Å². The summed E-state index contributed by atoms with van der Waals surface area (Å²) in [6.07, 6.45) is 2.86. The fourth-order valence-electron chi connectivity index (χ4n) is 5.10. The summed E-state index contributed by atoms with van der Waals surface area (Å²) >= 11 is 0.956. The molecule has 6 heteroatoms. The topological polar surface area (TPSA) is 40.6 Å². The molecule has 0 aliphatic carbocycles. The lowest BCUT2D eigenvalue weighted by molar-refractivity contribution is -0.123. The Balaban J connectivity index is 1.61. The van der Waals surface area contributed by atoms with Crippen molar-refractivity contribution in [1.82, 2.24) is 4.90 Å². The van der Waals surface area contributed by atoms with Gasteiger partial charge in [-0.3, -0.25) is 14.5 Å². The number of nitrogens with zero attached hydrogens (tertiary/aromatic N) is 2. The van der Waals surface area contributed by atoms with Gasteiger partial charge in [-0.05, 0) is 98.8 Å². The highest BCUT2D eigenvalue weighted by Crippen LogP contribution is 2.45. The Morgan fingerprint density at radius 3 is 2.50 bits per heavy atom. The molecule has 1 unspecified atom stereocenters. The SMILES string of the molecule is CC1CC(C)(C)N(C(C)C)c2ccc(/C=C3\SC(=O)N(Cc4ccc(F)cc4)C3=O)cc21. The number of thioether (sulfide) groups is 1. The number of fused-ring (bicyclic) bond motifs is 1. The van der Waals surface area contributed by atoms with Crippen molar-refractivity contribution in [3.8, 4) is 0 Å². The Morgan fingerprint density at radius 2 is 1.84 bits per heavy atom. The van der Waals surface area contributed by atoms with E-state index in [1.807, 2.05) is 12.1 Å². The maximum atomic E-state index is 13.2. The van der Waals surface area contributed by atoms with E-state index in [1.165, 1.54) is 28.3 Å². The molecule has 0 saturated carbocycles. The highest BCUT2D eigenvalue weighted by atomic mass is 32.2. The van der Waals surface area contributed by atoms with Crippen LogP contribution in [0.15, 0.2) is 47.4 Å². The lowest BCUT2D eigenvalue weighted by Crippen LogP contribution is -2.51. The molecule has 0 aromatic heterocycles. The van der Waals surface area contributed by atoms with Gasteiger partial charge >= 0.3 is 0 Å². The molecule has 2 heterocycles. The molecule has 4 nitrogen and oxygen atoms in total. The van der Waals surface area contributed by atoms with E-state index >= 15 is 0 Å². The van der Waals surface area contributed by atoms with Gasteiger partial charge in [0, 0.05) is 17.3 Å². The smallest absolute Gasteiger partial charge is 0.293 e. The number of imide groups is 1. The van der Waals surface area contributed by atoms with Crippen LogP contribution in [0, 0.1) is 5.82 Å². The van der Waals surface area contributed by atoms with Crippen LogP contribution in [0.1, 0.15) is 63.6 Å². The third kappa shape index (κ3) is 4.20. The molecule has 4 rings (SSSR count). The fraction of sp³-hybridized carbons (Fsp3) is 0.385. The van der Waals surface area contributed by atoms with Crippen molar-refractivity contribution in [2.75, 3.05) is 4.90 Å². The van der Waals surface area contributed by atoms with Crippen LogP contribution < -0.4 is 4.90 Å². The van der Waals surface area contributed by atoms with Crippen molar-refractivity contribution < 1.29 is 14.0 Å². The quantitative estimate of drug-likeness (QED) is 0.493. The first-order chi connectivity index (χ1) is 15.1. The van der Waals surface area contributed by atoms with E-state index in [4.69, 9.17) is 0 Å². The van der Waals surface area contributed by atoms with Crippen molar-refractivity contribution in [1.29, 1.82) is 0 Å². The number of carbonyl (C=O) groups is 2. The molecule has 2 aliphatic heterocycles. The Bertz CT molecular complexity index is 1090. The zero-order chi connectivity index (χ0) is 23.2. The van der Waals surface area contributed by atoms with Crippen molar-refractivity contribution in [2.24, 2.45) is 0 Å². The zero-order valence-corrected chi connectivity index (χ0v) is 20.0. The number of halogens is 1. The van der Waals surface area contributed by atoms with Crippen LogP contribution in [0.5, 0.6) is 0 Å². The fourth-order valence-corrected chi connectivity index (χ4v) is 5.94. The Hall–Kier alpha value is -2.60. The van der Waals surface area contributed by atoms with Crippen molar-refractivity contribution in [3.05, 3.63) is 69.9 Å². The maximum Gasteiger partial charge on any atom is 0.293 e. The molecular weight excluding hydrogens is 423 g/mol. The van der Waals surface area contributed by atoms with Crippen LogP contribution in [-0.4, -0.2) is 27.6 Å². The maximum absolute atomic E-state index is 13.2. The van der Waals surface area contributed by atoms with Gasteiger partial charge in [0.2, 0.25) is 0 Å². The Labute approximate surface area is 193 Å². The summed E-state index contributed by atoms with van der Waals surface area (Å²) in [5.41, 5.74) is 4.23. The van der Waals surface area contributed by atoms with Gasteiger partial charge in [-0.2, -0.15) is 0 Å². The number of hydrogen-bond acceptors (Lipinski definition) is 4. The van der Waals surface area contributed by atoms with Crippen LogP contribution in [0.2, 0.25) is 0 Å². The first-order valence-corrected chi connectivity index (χ1v) is 11.8. The number of anilines is 1. The second-order valence-electron chi connectivity index (χ2n) is 9.59. The Kier molecular flexibility index (Phi) is 5.93. The van der Waals surface area contributed by atoms with Crippen LogP contribution in [-0.2, 0) is 11.3 Å². The molecule has 0 N–H and O–H groups in total. The molecular formula is C26H29FN2O2S. The summed E-state index contributed by atoms with van der Waals surface area (Å²) in [5, 5.41) is -0.301. The molecule has 2 aromatic carbocycles. The van der Waals surface area contributed by atoms with Gasteiger partial charge in [-0.15, -0.1) is 0 Å². The second kappa shape index (κ2) is 8.39. The average Bonchev–Trinajstić information content (AvgIpc) is 2.96. The summed E-state index contributed by atoms with van der Waals surface area (Å²) in [6, 6.07) is 12.5. The Morgan fingerprint density at radius 1 is 1.16 bits per heavy atom. The van der Waals surface area contributed by atoms with Gasteiger partial charge in [-0.25, -0.2) is 4.39 Å². The van der Waals surface area contributed by atoms with Gasteiger partial charge in [-0.1, -0.05) is 25.1 Å². The number of carbonyl (C=O) groups excluding carboxylic acids is 2. The molecule has 2 aromatic rings. The highest BCUT2D eigenvalue weighted by Gasteiger charge is 2.38. The highest BCUT2D eigenvalue weighted by molar-refractivity contribution is 8.18. The first kappa shape index (κ1) is 22.6. The monoisotopic (exact) mass is 452 g/mol. The van der Waals surface area contributed by atoms with E-state index in [-0.39, 0.29) is 29.0 Å². The summed E-state index contributed by atoms with van der Waals surface area (Å²) < 4.78 is 13.2. The third-order valence-corrected chi connectivity index (χ3v) is 7.15. The van der Waals surface area contributed by atoms with E-state index in [1.54, 1.807) is 12.1 Å². The van der Waals surface area contributed by atoms with Crippen LogP contribution in [0.3, 0.4) is 0 Å². The predicted molar refractivity (Wildman–Crippen MR) is 129 cm³/mol. The summed E-state index contributed by atoms with van der Waals surface area (Å²) in [5.74, 6) is -0.249. The van der Waals surface area contributed by atoms with Crippen LogP contribution >= 0.6 is 11.8 Å². The number of hydrogen-bond donors (Lipinski definition) is 0. The van der Waals surface area contributed by atoms with Gasteiger partial charge < -0.3 is 4.90 Å². The minimum atomic E-state index is -0.344. The molecule has 168 valence electrons. The minimum Gasteiger partial charge on any atom is -0.364 e. The molecule has 1 saturated heterocycles. The molecule has 0 bridgehead atoms. The molecule has 0 radical (unpaired) electrons. The third-order valence-electron chi connectivity index (χ3n) is 6.24. The van der Waals surface area contributed by atoms with E-state index in [9.17, 15) is 14.0 Å². The van der Waals surface area contributed by atoms with E-state index in [0.717, 1.165) is 23.7 Å². The molecule has 1 fully saturated rings. The summed E-state index contributed by atoms with van der Waals surface area (Å²) in [4.78, 5) is 29.5. The van der Waals surface area contributed by atoms with Gasteiger partial charge in [0.1, 0.15) is 5.82 Å². The van der Waals surface area contributed by atoms with Gasteiger partial charge in [0.05, 0.1) is 11.4 Å². The predicted octanol–water partition coefficient (Wildman–Crippen LogP) is 6.56. The average molecular weight is 453 g/mol. The number of amides is 2. The van der Waals surface area contributed by atoms with E-state index in [2.05, 4.69) is 51.7 Å². The minimum absolute atomic E-state index is 0.0745. The summed E-state index contributed by atoms with van der Waals surface area (Å²) in [7, 11) is 0. The van der Waals surface area contributed by atoms with Crippen molar-refractivity contribution in [3.63, 3.8) is 0 Å². The molecule has 2 aliphatic rings. The number of benzene rings is 2. The molecule has 0 spiro atoms. The standard InChI is InChI=1S/C26H29FN2O2S/c1-16(2)29-22-11-8-19(12-21(22)17(3)14-26(29,4)5)13-23-24(30)28(25(31)32-23)15-18-6-9-20(27)10-7-18/h6-13,16-17H,14-15H2,1-5H3/b23-13-. The van der Waals surface area contributed by atoms with E-state index < -0.39 is 0 Å². The number of rotatable bonds is 4. The largest absolute Gasteiger partial charge is 0.364 e. The van der Waals surface area contributed by atoms with Crippen LogP contribution in [0.25, 0.3) is 6.08 Å². The van der Waals surface area contributed by atoms with Crippen molar-refractivity contribution in [2.45, 2.75) is 65.1 Å².